The molecule has 0 atom stereocenters. The molecule has 0 aliphatic carbocycles. The monoisotopic (exact) mass is 390 g/mol. The van der Waals surface area contributed by atoms with E-state index in [-0.39, 0.29) is 30.4 Å². The van der Waals surface area contributed by atoms with Gasteiger partial charge in [-0.15, -0.1) is 18.3 Å². The summed E-state index contributed by atoms with van der Waals surface area (Å²) in [6.07, 6.45) is 3.05. The first-order chi connectivity index (χ1) is 12.5. The summed E-state index contributed by atoms with van der Waals surface area (Å²) in [6.45, 7) is 3.57. The number of benzene rings is 1. The summed E-state index contributed by atoms with van der Waals surface area (Å²) in [4.78, 5) is 39.0. The van der Waals surface area contributed by atoms with Crippen molar-refractivity contribution in [2.45, 2.75) is 11.4 Å². The summed E-state index contributed by atoms with van der Waals surface area (Å²) in [5.41, 5.74) is 0.307. The Morgan fingerprint density at radius 3 is 2.77 bits per heavy atom. The van der Waals surface area contributed by atoms with Gasteiger partial charge in [0.25, 0.3) is 5.56 Å². The molecule has 0 spiro atoms. The number of fused-ring (bicyclic) bond motifs is 1. The minimum atomic E-state index is -0.490. The largest absolute Gasteiger partial charge is 0.324 e. The van der Waals surface area contributed by atoms with Crippen LogP contribution in [0.15, 0.2) is 52.8 Å². The summed E-state index contributed by atoms with van der Waals surface area (Å²) in [5.74, 6) is -0.349. The molecule has 0 saturated heterocycles. The van der Waals surface area contributed by atoms with Gasteiger partial charge in [-0.2, -0.15) is 5.10 Å². The highest BCUT2D eigenvalue weighted by atomic mass is 35.5. The lowest BCUT2D eigenvalue weighted by Crippen LogP contribution is -2.42. The molecular formula is C17H15ClN4O3S. The van der Waals surface area contributed by atoms with Gasteiger partial charge in [-0.3, -0.25) is 14.4 Å². The zero-order valence-corrected chi connectivity index (χ0v) is 15.2. The Morgan fingerprint density at radius 2 is 2.08 bits per heavy atom. The maximum atomic E-state index is 12.7. The highest BCUT2D eigenvalue weighted by molar-refractivity contribution is 8.00. The summed E-state index contributed by atoms with van der Waals surface area (Å²) < 4.78 is 1.04. The Balaban J connectivity index is 1.84. The number of carbonyl (C=O) groups excluding carboxylic acids is 2. The van der Waals surface area contributed by atoms with Crippen LogP contribution in [-0.2, 0) is 16.1 Å². The highest BCUT2D eigenvalue weighted by Crippen LogP contribution is 2.31. The van der Waals surface area contributed by atoms with E-state index in [0.29, 0.717) is 15.6 Å². The molecule has 1 aliphatic heterocycles. The molecule has 7 nitrogen and oxygen atoms in total. The Bertz CT molecular complexity index is 927. The van der Waals surface area contributed by atoms with Gasteiger partial charge in [0.2, 0.25) is 11.8 Å². The first-order valence-corrected chi connectivity index (χ1v) is 9.05. The second kappa shape index (κ2) is 7.76. The third-order valence-corrected chi connectivity index (χ3v) is 4.89. The van der Waals surface area contributed by atoms with Crippen molar-refractivity contribution in [2.24, 2.45) is 0 Å². The molecule has 2 amide bonds. The summed E-state index contributed by atoms with van der Waals surface area (Å²) in [7, 11) is 0. The van der Waals surface area contributed by atoms with Crippen molar-refractivity contribution in [3.05, 3.63) is 58.5 Å². The Kier molecular flexibility index (Phi) is 5.43. The average Bonchev–Trinajstić information content (AvgIpc) is 2.62. The maximum Gasteiger partial charge on any atom is 0.292 e. The topological polar surface area (TPSA) is 84.3 Å². The van der Waals surface area contributed by atoms with Gasteiger partial charge in [-0.25, -0.2) is 4.68 Å². The quantitative estimate of drug-likeness (QED) is 0.791. The molecule has 2 heterocycles. The number of amides is 2. The van der Waals surface area contributed by atoms with E-state index >= 15 is 0 Å². The Hall–Kier alpha value is -2.58. The number of thioether (sulfide) groups is 1. The van der Waals surface area contributed by atoms with E-state index in [1.165, 1.54) is 22.9 Å². The third kappa shape index (κ3) is 3.81. The Labute approximate surface area is 158 Å². The number of hydrogen-bond acceptors (Lipinski definition) is 5. The lowest BCUT2D eigenvalue weighted by Gasteiger charge is -2.27. The number of anilines is 2. The highest BCUT2D eigenvalue weighted by Gasteiger charge is 2.28. The predicted octanol–water partition coefficient (Wildman–Crippen LogP) is 2.16. The van der Waals surface area contributed by atoms with Crippen molar-refractivity contribution >= 4 is 46.6 Å². The molecule has 0 bridgehead atoms. The van der Waals surface area contributed by atoms with Crippen LogP contribution in [0.2, 0.25) is 5.02 Å². The summed E-state index contributed by atoms with van der Waals surface area (Å²) >= 11 is 7.07. The molecule has 1 N–H and O–H groups in total. The van der Waals surface area contributed by atoms with Crippen LogP contribution in [0.5, 0.6) is 0 Å². The van der Waals surface area contributed by atoms with Crippen molar-refractivity contribution in [1.29, 1.82) is 0 Å². The fourth-order valence-electron chi connectivity index (χ4n) is 2.46. The standard InChI is InChI=1S/C17H15ClN4O3S/c1-2-7-21-15(24)10-26-13-8-19-22(17(25)16(13)21)9-14(23)20-12-5-3-11(18)4-6-12/h2-6,8H,1,7,9-10H2,(H,20,23). The van der Waals surface area contributed by atoms with Crippen LogP contribution in [-0.4, -0.2) is 33.9 Å². The van der Waals surface area contributed by atoms with E-state index in [0.717, 1.165) is 4.68 Å². The molecule has 0 saturated carbocycles. The van der Waals surface area contributed by atoms with Crippen LogP contribution >= 0.6 is 23.4 Å². The van der Waals surface area contributed by atoms with Crippen LogP contribution in [0.25, 0.3) is 0 Å². The van der Waals surface area contributed by atoms with Crippen molar-refractivity contribution in [3.8, 4) is 0 Å². The van der Waals surface area contributed by atoms with Crippen LogP contribution in [0, 0.1) is 0 Å². The van der Waals surface area contributed by atoms with Gasteiger partial charge in [0.15, 0.2) is 0 Å². The first-order valence-electron chi connectivity index (χ1n) is 7.69. The first kappa shape index (κ1) is 18.2. The van der Waals surface area contributed by atoms with Crippen molar-refractivity contribution in [2.75, 3.05) is 22.5 Å². The average molecular weight is 391 g/mol. The summed E-state index contributed by atoms with van der Waals surface area (Å²) in [5, 5.41) is 7.27. The number of hydrogen-bond donors (Lipinski definition) is 1. The molecule has 134 valence electrons. The predicted molar refractivity (Wildman–Crippen MR) is 102 cm³/mol. The lowest BCUT2D eigenvalue weighted by molar-refractivity contribution is -0.117. The number of nitrogens with zero attached hydrogens (tertiary/aromatic N) is 3. The molecule has 1 aliphatic rings. The maximum absolute atomic E-state index is 12.7. The number of aromatic nitrogens is 2. The van der Waals surface area contributed by atoms with Crippen LogP contribution in [0.3, 0.4) is 0 Å². The zero-order chi connectivity index (χ0) is 18.7. The van der Waals surface area contributed by atoms with Gasteiger partial charge >= 0.3 is 0 Å². The van der Waals surface area contributed by atoms with E-state index in [1.54, 1.807) is 30.3 Å². The van der Waals surface area contributed by atoms with Crippen molar-refractivity contribution < 1.29 is 9.59 Å². The van der Waals surface area contributed by atoms with E-state index in [1.807, 2.05) is 0 Å². The Morgan fingerprint density at radius 1 is 1.35 bits per heavy atom. The number of rotatable bonds is 5. The van der Waals surface area contributed by atoms with E-state index < -0.39 is 11.5 Å². The minimum absolute atomic E-state index is 0.178. The van der Waals surface area contributed by atoms with Gasteiger partial charge in [0, 0.05) is 17.3 Å². The normalized spacial score (nSPS) is 13.3. The zero-order valence-electron chi connectivity index (χ0n) is 13.6. The molecule has 0 fully saturated rings. The van der Waals surface area contributed by atoms with Gasteiger partial charge < -0.3 is 10.2 Å². The second-order valence-corrected chi connectivity index (χ2v) is 6.91. The van der Waals surface area contributed by atoms with E-state index in [4.69, 9.17) is 11.6 Å². The van der Waals surface area contributed by atoms with Gasteiger partial charge in [0.1, 0.15) is 12.2 Å². The molecule has 1 aromatic heterocycles. The van der Waals surface area contributed by atoms with Crippen molar-refractivity contribution in [1.82, 2.24) is 9.78 Å². The molecule has 0 radical (unpaired) electrons. The smallest absolute Gasteiger partial charge is 0.292 e. The third-order valence-electron chi connectivity index (χ3n) is 3.64. The summed E-state index contributed by atoms with van der Waals surface area (Å²) in [6, 6.07) is 6.61. The molecule has 0 unspecified atom stereocenters. The van der Waals surface area contributed by atoms with Crippen LogP contribution in [0.1, 0.15) is 0 Å². The lowest BCUT2D eigenvalue weighted by atomic mass is 10.3. The van der Waals surface area contributed by atoms with Crippen LogP contribution in [0.4, 0.5) is 11.4 Å². The molecule has 9 heteroatoms. The van der Waals surface area contributed by atoms with E-state index in [9.17, 15) is 14.4 Å². The fraction of sp³-hybridized carbons (Fsp3) is 0.176. The fourth-order valence-corrected chi connectivity index (χ4v) is 3.48. The van der Waals surface area contributed by atoms with Gasteiger partial charge in [-0.05, 0) is 24.3 Å². The second-order valence-electron chi connectivity index (χ2n) is 5.46. The minimum Gasteiger partial charge on any atom is -0.324 e. The molecule has 2 aromatic rings. The number of carbonyl (C=O) groups is 2. The van der Waals surface area contributed by atoms with Crippen LogP contribution < -0.4 is 15.8 Å². The SMILES string of the molecule is C=CCN1C(=O)CSc2cnn(CC(=O)Nc3ccc(Cl)cc3)c(=O)c21. The number of nitrogens with one attached hydrogen (secondary N) is 1. The molecule has 3 rings (SSSR count). The molecular weight excluding hydrogens is 376 g/mol. The van der Waals surface area contributed by atoms with Gasteiger partial charge in [-0.1, -0.05) is 17.7 Å². The number of halogens is 1. The van der Waals surface area contributed by atoms with Crippen molar-refractivity contribution in [3.63, 3.8) is 0 Å². The van der Waals surface area contributed by atoms with Gasteiger partial charge in [0.05, 0.1) is 16.8 Å². The van der Waals surface area contributed by atoms with E-state index in [2.05, 4.69) is 17.0 Å². The molecule has 26 heavy (non-hydrogen) atoms. The molecule has 1 aromatic carbocycles.